The number of hydrogen-bond donors (Lipinski definition) is 2. The van der Waals surface area contributed by atoms with Crippen LogP contribution in [0.25, 0.3) is 12.2 Å². The Bertz CT molecular complexity index is 594. The van der Waals surface area contributed by atoms with E-state index in [0.29, 0.717) is 0 Å². The van der Waals surface area contributed by atoms with Crippen LogP contribution in [-0.2, 0) is 13.1 Å². The average Bonchev–Trinajstić information content (AvgIpc) is 2.56. The van der Waals surface area contributed by atoms with Crippen LogP contribution in [0.3, 0.4) is 0 Å². The van der Waals surface area contributed by atoms with Gasteiger partial charge < -0.3 is 44.6 Å². The third-order valence-corrected chi connectivity index (χ3v) is 3.61. The van der Waals surface area contributed by atoms with E-state index in [4.69, 9.17) is 0 Å². The van der Waals surface area contributed by atoms with Crippen LogP contribution < -0.4 is 44.6 Å². The van der Waals surface area contributed by atoms with Crippen molar-refractivity contribution in [3.8, 4) is 0 Å². The maximum Gasteiger partial charge on any atom is 0.106 e. The minimum atomic E-state index is 0. The van der Waals surface area contributed by atoms with E-state index in [9.17, 15) is 0 Å². The summed E-state index contributed by atoms with van der Waals surface area (Å²) in [6, 6.07) is 17.0. The van der Waals surface area contributed by atoms with Crippen LogP contribution in [0, 0.1) is 0 Å². The Labute approximate surface area is 152 Å². The van der Waals surface area contributed by atoms with E-state index in [1.165, 1.54) is 22.3 Å². The molecule has 0 amide bonds. The average molecular weight is 424 g/mol. The number of nitrogens with two attached hydrogens (primary N) is 2. The lowest BCUT2D eigenvalue weighted by Crippen LogP contribution is -3.00. The van der Waals surface area contributed by atoms with Crippen molar-refractivity contribution in [2.45, 2.75) is 13.1 Å². The van der Waals surface area contributed by atoms with Gasteiger partial charge in [0.25, 0.3) is 0 Å². The second-order valence-corrected chi connectivity index (χ2v) is 5.00. The molecule has 2 heterocycles. The Balaban J connectivity index is 0.000000202. The molecule has 116 valence electrons. The van der Waals surface area contributed by atoms with Crippen LogP contribution >= 0.6 is 0 Å². The number of rotatable bonds is 0. The molecule has 0 aliphatic carbocycles. The first-order valence-corrected chi connectivity index (χ1v) is 7.09. The third kappa shape index (κ3) is 4.92. The van der Waals surface area contributed by atoms with Crippen molar-refractivity contribution in [3.63, 3.8) is 0 Å². The van der Waals surface area contributed by atoms with Gasteiger partial charge in [-0.1, -0.05) is 48.5 Å². The van der Waals surface area contributed by atoms with Gasteiger partial charge in [0.15, 0.2) is 0 Å². The second kappa shape index (κ2) is 9.74. The largest absolute Gasteiger partial charge is 1.00 e. The second-order valence-electron chi connectivity index (χ2n) is 5.00. The molecule has 22 heavy (non-hydrogen) atoms. The molecule has 2 aromatic carbocycles. The molecule has 0 saturated carbocycles. The molecule has 0 radical (unpaired) electrons. The Morgan fingerprint density at radius 2 is 1.00 bits per heavy atom. The standard InChI is InChI=1S/2C9H9N.2BrH/c2*1-2-4-9-7-10-6-5-8(9)3-1;;/h2*1-6,10H,7H2;2*1H. The highest BCUT2D eigenvalue weighted by Gasteiger charge is 2.03. The van der Waals surface area contributed by atoms with Crippen molar-refractivity contribution in [1.82, 2.24) is 0 Å². The summed E-state index contributed by atoms with van der Waals surface area (Å²) in [7, 11) is 0. The molecule has 0 aromatic heterocycles. The lowest BCUT2D eigenvalue weighted by atomic mass is 10.1. The van der Waals surface area contributed by atoms with E-state index in [1.54, 1.807) is 0 Å². The highest BCUT2D eigenvalue weighted by Crippen LogP contribution is 2.10. The number of fused-ring (bicyclic) bond motifs is 2. The summed E-state index contributed by atoms with van der Waals surface area (Å²) < 4.78 is 0. The monoisotopic (exact) mass is 422 g/mol. The van der Waals surface area contributed by atoms with Gasteiger partial charge in [0.1, 0.15) is 13.1 Å². The Kier molecular flexibility index (Phi) is 8.35. The van der Waals surface area contributed by atoms with Gasteiger partial charge in [-0.15, -0.1) is 0 Å². The van der Waals surface area contributed by atoms with Gasteiger partial charge in [0.05, 0.1) is 12.4 Å². The van der Waals surface area contributed by atoms with Crippen LogP contribution in [0.2, 0.25) is 0 Å². The zero-order chi connectivity index (χ0) is 13.6. The normalized spacial score (nSPS) is 13.5. The molecule has 0 unspecified atom stereocenters. The molecule has 2 nitrogen and oxygen atoms in total. The molecular formula is C18H20Br2N2. The van der Waals surface area contributed by atoms with E-state index in [0.717, 1.165) is 13.1 Å². The van der Waals surface area contributed by atoms with E-state index in [2.05, 4.69) is 83.7 Å². The number of quaternary nitrogens is 2. The van der Waals surface area contributed by atoms with Crippen molar-refractivity contribution < 1.29 is 44.6 Å². The molecule has 4 heteroatoms. The molecule has 0 spiro atoms. The highest BCUT2D eigenvalue weighted by molar-refractivity contribution is 5.53. The van der Waals surface area contributed by atoms with Crippen LogP contribution in [-0.4, -0.2) is 0 Å². The molecule has 0 atom stereocenters. The van der Waals surface area contributed by atoms with Crippen molar-refractivity contribution in [2.24, 2.45) is 0 Å². The van der Waals surface area contributed by atoms with E-state index < -0.39 is 0 Å². The first-order chi connectivity index (χ1) is 9.93. The van der Waals surface area contributed by atoms with Crippen LogP contribution in [0.15, 0.2) is 60.9 Å². The number of benzene rings is 2. The van der Waals surface area contributed by atoms with Gasteiger partial charge in [-0.05, 0) is 23.3 Å². The quantitative estimate of drug-likeness (QED) is 0.428. The van der Waals surface area contributed by atoms with E-state index in [1.807, 2.05) is 0 Å². The maximum absolute atomic E-state index is 2.18. The zero-order valence-corrected chi connectivity index (χ0v) is 15.4. The molecule has 4 rings (SSSR count). The number of hydrogen-bond acceptors (Lipinski definition) is 0. The fourth-order valence-electron chi connectivity index (χ4n) is 2.50. The summed E-state index contributed by atoms with van der Waals surface area (Å²) in [5.41, 5.74) is 5.60. The zero-order valence-electron chi connectivity index (χ0n) is 12.3. The Hall–Kier alpha value is -1.20. The molecule has 2 aromatic rings. The molecule has 2 aliphatic heterocycles. The minimum absolute atomic E-state index is 0. The maximum atomic E-state index is 2.18. The fourth-order valence-corrected chi connectivity index (χ4v) is 2.50. The molecule has 2 aliphatic rings. The summed E-state index contributed by atoms with van der Waals surface area (Å²) in [5, 5.41) is 4.37. The predicted octanol–water partition coefficient (Wildman–Crippen LogP) is -4.52. The Morgan fingerprint density at radius 1 is 0.591 bits per heavy atom. The fraction of sp³-hybridized carbons (Fsp3) is 0.111. The van der Waals surface area contributed by atoms with Crippen molar-refractivity contribution in [3.05, 3.63) is 83.2 Å². The van der Waals surface area contributed by atoms with E-state index >= 15 is 0 Å². The van der Waals surface area contributed by atoms with Gasteiger partial charge in [0, 0.05) is 11.1 Å². The SMILES string of the molecule is C1=Cc2ccccc2C[NH2+]1.C1=Cc2ccccc2C[NH2+]1.[Br-].[Br-]. The Morgan fingerprint density at radius 3 is 1.41 bits per heavy atom. The summed E-state index contributed by atoms with van der Waals surface area (Å²) in [4.78, 5) is 0. The van der Waals surface area contributed by atoms with Crippen LogP contribution in [0.4, 0.5) is 0 Å². The van der Waals surface area contributed by atoms with E-state index in [-0.39, 0.29) is 34.0 Å². The van der Waals surface area contributed by atoms with Gasteiger partial charge in [-0.2, -0.15) is 0 Å². The summed E-state index contributed by atoms with van der Waals surface area (Å²) in [5.74, 6) is 0. The minimum Gasteiger partial charge on any atom is -1.00 e. The van der Waals surface area contributed by atoms with Gasteiger partial charge in [-0.25, -0.2) is 0 Å². The lowest BCUT2D eigenvalue weighted by Gasteiger charge is -2.06. The van der Waals surface area contributed by atoms with Crippen LogP contribution in [0.1, 0.15) is 22.3 Å². The van der Waals surface area contributed by atoms with Gasteiger partial charge >= 0.3 is 0 Å². The molecule has 4 N–H and O–H groups in total. The summed E-state index contributed by atoms with van der Waals surface area (Å²) in [6.45, 7) is 2.18. The molecule has 0 saturated heterocycles. The topological polar surface area (TPSA) is 33.2 Å². The van der Waals surface area contributed by atoms with Crippen molar-refractivity contribution in [1.29, 1.82) is 0 Å². The number of halogens is 2. The predicted molar refractivity (Wildman–Crippen MR) is 82.2 cm³/mol. The smallest absolute Gasteiger partial charge is 0.106 e. The van der Waals surface area contributed by atoms with Crippen molar-refractivity contribution in [2.75, 3.05) is 0 Å². The van der Waals surface area contributed by atoms with Crippen LogP contribution in [0.5, 0.6) is 0 Å². The molecule has 0 fully saturated rings. The van der Waals surface area contributed by atoms with Gasteiger partial charge in [-0.3, -0.25) is 0 Å². The third-order valence-electron chi connectivity index (χ3n) is 3.61. The highest BCUT2D eigenvalue weighted by atomic mass is 79.9. The summed E-state index contributed by atoms with van der Waals surface area (Å²) >= 11 is 0. The summed E-state index contributed by atoms with van der Waals surface area (Å²) in [6.07, 6.45) is 8.53. The molecular weight excluding hydrogens is 404 g/mol. The van der Waals surface area contributed by atoms with Crippen molar-refractivity contribution >= 4 is 12.2 Å². The molecule has 0 bridgehead atoms. The van der Waals surface area contributed by atoms with Gasteiger partial charge in [0.2, 0.25) is 0 Å². The first kappa shape index (κ1) is 18.8. The first-order valence-electron chi connectivity index (χ1n) is 7.09. The lowest BCUT2D eigenvalue weighted by molar-refractivity contribution is -0.605.